The molecule has 0 heterocycles. The van der Waals surface area contributed by atoms with Crippen LogP contribution >= 0.6 is 0 Å². The summed E-state index contributed by atoms with van der Waals surface area (Å²) in [5.74, 6) is 0.534. The maximum atomic E-state index is 9.33. The number of hydrogen-bond donors (Lipinski definition) is 2. The van der Waals surface area contributed by atoms with E-state index in [9.17, 15) is 5.11 Å². The number of nitrogens with two attached hydrogens (primary N) is 1. The third kappa shape index (κ3) is 2.56. The molecule has 0 aliphatic rings. The molecule has 0 fully saturated rings. The van der Waals surface area contributed by atoms with Crippen molar-refractivity contribution in [2.75, 3.05) is 0 Å². The van der Waals surface area contributed by atoms with Gasteiger partial charge in [0.05, 0.1) is 12.1 Å². The summed E-state index contributed by atoms with van der Waals surface area (Å²) in [4.78, 5) is 0. The number of benzene rings is 1. The quantitative estimate of drug-likeness (QED) is 0.773. The van der Waals surface area contributed by atoms with E-state index in [1.165, 1.54) is 5.56 Å². The second kappa shape index (κ2) is 4.58. The van der Waals surface area contributed by atoms with Crippen LogP contribution in [0.3, 0.4) is 0 Å². The van der Waals surface area contributed by atoms with Gasteiger partial charge >= 0.3 is 0 Å². The van der Waals surface area contributed by atoms with Gasteiger partial charge in [-0.2, -0.15) is 0 Å². The fraction of sp³-hybridized carbons (Fsp3) is 0.500. The van der Waals surface area contributed by atoms with Gasteiger partial charge < -0.3 is 10.8 Å². The smallest absolute Gasteiger partial charge is 0.0704 e. The zero-order chi connectivity index (χ0) is 10.7. The molecular formula is C12H19NO. The monoisotopic (exact) mass is 193 g/mol. The lowest BCUT2D eigenvalue weighted by molar-refractivity contribution is 0.164. The fourth-order valence-corrected chi connectivity index (χ4v) is 1.38. The molecule has 0 unspecified atom stereocenters. The highest BCUT2D eigenvalue weighted by molar-refractivity contribution is 5.27. The molecule has 0 bridgehead atoms. The minimum atomic E-state index is -0.500. The third-order valence-electron chi connectivity index (χ3n) is 2.51. The normalized spacial score (nSPS) is 15.6. The van der Waals surface area contributed by atoms with Gasteiger partial charge in [0.2, 0.25) is 0 Å². The minimum Gasteiger partial charge on any atom is -0.391 e. The number of aliphatic hydroxyl groups is 1. The van der Waals surface area contributed by atoms with Crippen molar-refractivity contribution < 1.29 is 5.11 Å². The Hall–Kier alpha value is -0.860. The summed E-state index contributed by atoms with van der Waals surface area (Å²) >= 11 is 0. The van der Waals surface area contributed by atoms with Gasteiger partial charge in [-0.15, -0.1) is 0 Å². The molecule has 2 nitrogen and oxygen atoms in total. The summed E-state index contributed by atoms with van der Waals surface area (Å²) in [6.45, 7) is 6.02. The first kappa shape index (κ1) is 11.2. The topological polar surface area (TPSA) is 46.2 Å². The largest absolute Gasteiger partial charge is 0.391 e. The van der Waals surface area contributed by atoms with Crippen LogP contribution in [-0.4, -0.2) is 11.2 Å². The molecule has 1 aromatic rings. The maximum Gasteiger partial charge on any atom is 0.0704 e. The van der Waals surface area contributed by atoms with Crippen molar-refractivity contribution in [3.8, 4) is 0 Å². The highest BCUT2D eigenvalue weighted by Gasteiger charge is 2.11. The Balaban J connectivity index is 2.83. The maximum absolute atomic E-state index is 9.33. The van der Waals surface area contributed by atoms with Crippen molar-refractivity contribution in [3.05, 3.63) is 35.4 Å². The highest BCUT2D eigenvalue weighted by atomic mass is 16.3. The highest BCUT2D eigenvalue weighted by Crippen LogP contribution is 2.19. The summed E-state index contributed by atoms with van der Waals surface area (Å²) in [7, 11) is 0. The lowest BCUT2D eigenvalue weighted by atomic mass is 9.98. The van der Waals surface area contributed by atoms with E-state index in [0.29, 0.717) is 5.92 Å². The first-order valence-electron chi connectivity index (χ1n) is 5.06. The number of rotatable bonds is 3. The van der Waals surface area contributed by atoms with E-state index in [4.69, 9.17) is 5.73 Å². The predicted octanol–water partition coefficient (Wildman–Crippen LogP) is 2.19. The molecule has 0 saturated carbocycles. The Morgan fingerprint density at radius 2 is 1.43 bits per heavy atom. The SMILES string of the molecule is CC(C)c1ccc([C@@H](N)[C@H](C)O)cc1. The fourth-order valence-electron chi connectivity index (χ4n) is 1.38. The van der Waals surface area contributed by atoms with Gasteiger partial charge in [0.15, 0.2) is 0 Å². The first-order chi connectivity index (χ1) is 6.52. The summed E-state index contributed by atoms with van der Waals surface area (Å²) < 4.78 is 0. The van der Waals surface area contributed by atoms with Gasteiger partial charge in [-0.25, -0.2) is 0 Å². The second-order valence-corrected chi connectivity index (χ2v) is 4.09. The van der Waals surface area contributed by atoms with Crippen LogP contribution in [0.1, 0.15) is 43.9 Å². The summed E-state index contributed by atoms with van der Waals surface area (Å²) in [5, 5.41) is 9.33. The Morgan fingerprint density at radius 1 is 1.00 bits per heavy atom. The van der Waals surface area contributed by atoms with Crippen LogP contribution in [0.25, 0.3) is 0 Å². The predicted molar refractivity (Wildman–Crippen MR) is 59.1 cm³/mol. The zero-order valence-corrected chi connectivity index (χ0v) is 9.07. The molecule has 0 radical (unpaired) electrons. The molecule has 78 valence electrons. The van der Waals surface area contributed by atoms with Crippen LogP contribution < -0.4 is 5.73 Å². The van der Waals surface area contributed by atoms with Crippen molar-refractivity contribution in [1.82, 2.24) is 0 Å². The van der Waals surface area contributed by atoms with Gasteiger partial charge in [0.1, 0.15) is 0 Å². The van der Waals surface area contributed by atoms with E-state index < -0.39 is 6.10 Å². The van der Waals surface area contributed by atoms with Crippen LogP contribution in [-0.2, 0) is 0 Å². The van der Waals surface area contributed by atoms with E-state index in [-0.39, 0.29) is 6.04 Å². The molecule has 2 atom stereocenters. The van der Waals surface area contributed by atoms with E-state index >= 15 is 0 Å². The van der Waals surface area contributed by atoms with Crippen molar-refractivity contribution in [1.29, 1.82) is 0 Å². The van der Waals surface area contributed by atoms with E-state index in [1.54, 1.807) is 6.92 Å². The number of aliphatic hydroxyl groups excluding tert-OH is 1. The van der Waals surface area contributed by atoms with Crippen LogP contribution in [0.15, 0.2) is 24.3 Å². The molecule has 2 heteroatoms. The Bertz CT molecular complexity index is 277. The molecule has 0 spiro atoms. The van der Waals surface area contributed by atoms with Crippen LogP contribution in [0.5, 0.6) is 0 Å². The summed E-state index contributed by atoms with van der Waals surface area (Å²) in [6, 6.07) is 7.85. The van der Waals surface area contributed by atoms with Gasteiger partial charge in [-0.1, -0.05) is 38.1 Å². The molecular weight excluding hydrogens is 174 g/mol. The second-order valence-electron chi connectivity index (χ2n) is 4.09. The molecule has 0 aliphatic heterocycles. The van der Waals surface area contributed by atoms with E-state index in [1.807, 2.05) is 12.1 Å². The van der Waals surface area contributed by atoms with Gasteiger partial charge in [-0.05, 0) is 24.0 Å². The lowest BCUT2D eigenvalue weighted by Gasteiger charge is -2.15. The molecule has 0 amide bonds. The molecule has 14 heavy (non-hydrogen) atoms. The van der Waals surface area contributed by atoms with Crippen LogP contribution in [0.2, 0.25) is 0 Å². The van der Waals surface area contributed by atoms with Gasteiger partial charge in [0.25, 0.3) is 0 Å². The van der Waals surface area contributed by atoms with Crippen molar-refractivity contribution >= 4 is 0 Å². The average Bonchev–Trinajstić information content (AvgIpc) is 2.16. The standard InChI is InChI=1S/C12H19NO/c1-8(2)10-4-6-11(7-5-10)12(13)9(3)14/h4-9,12,14H,13H2,1-3H3/t9-,12-/m0/s1. The summed E-state index contributed by atoms with van der Waals surface area (Å²) in [5.41, 5.74) is 8.10. The van der Waals surface area contributed by atoms with E-state index in [0.717, 1.165) is 5.56 Å². The minimum absolute atomic E-state index is 0.281. The molecule has 0 saturated heterocycles. The van der Waals surface area contributed by atoms with Crippen molar-refractivity contribution in [2.45, 2.75) is 38.8 Å². The Kier molecular flexibility index (Phi) is 3.67. The zero-order valence-electron chi connectivity index (χ0n) is 9.07. The molecule has 1 aromatic carbocycles. The first-order valence-corrected chi connectivity index (χ1v) is 5.06. The van der Waals surface area contributed by atoms with Crippen molar-refractivity contribution in [3.63, 3.8) is 0 Å². The molecule has 0 aliphatic carbocycles. The lowest BCUT2D eigenvalue weighted by Crippen LogP contribution is -2.23. The third-order valence-corrected chi connectivity index (χ3v) is 2.51. The number of hydrogen-bond acceptors (Lipinski definition) is 2. The van der Waals surface area contributed by atoms with Gasteiger partial charge in [-0.3, -0.25) is 0 Å². The van der Waals surface area contributed by atoms with Crippen LogP contribution in [0, 0.1) is 0 Å². The molecule has 1 rings (SSSR count). The Labute approximate surface area is 85.8 Å². The van der Waals surface area contributed by atoms with Gasteiger partial charge in [0, 0.05) is 0 Å². The average molecular weight is 193 g/mol. The van der Waals surface area contributed by atoms with E-state index in [2.05, 4.69) is 26.0 Å². The van der Waals surface area contributed by atoms with Crippen LogP contribution in [0.4, 0.5) is 0 Å². The molecule has 0 aromatic heterocycles. The van der Waals surface area contributed by atoms with Crippen molar-refractivity contribution in [2.24, 2.45) is 5.73 Å². The molecule has 3 N–H and O–H groups in total. The summed E-state index contributed by atoms with van der Waals surface area (Å²) in [6.07, 6.45) is -0.500. The Morgan fingerprint density at radius 3 is 1.79 bits per heavy atom.